The second-order valence-corrected chi connectivity index (χ2v) is 8.93. The van der Waals surface area contributed by atoms with Gasteiger partial charge in [0.25, 0.3) is 0 Å². The van der Waals surface area contributed by atoms with Crippen LogP contribution in [0.4, 0.5) is 11.5 Å². The summed E-state index contributed by atoms with van der Waals surface area (Å²) in [7, 11) is 3.41. The number of nitrogens with zero attached hydrogens (tertiary/aromatic N) is 6. The normalized spacial score (nSPS) is 17.9. The van der Waals surface area contributed by atoms with Gasteiger partial charge in [-0.1, -0.05) is 23.2 Å². The summed E-state index contributed by atoms with van der Waals surface area (Å²) >= 11 is 13.3. The molecule has 1 aromatic carbocycles. The number of aryl methyl sites for hydroxylation is 1. The van der Waals surface area contributed by atoms with Crippen molar-refractivity contribution in [3.63, 3.8) is 0 Å². The quantitative estimate of drug-likeness (QED) is 0.411. The number of halogens is 2. The SMILES string of the molecule is COc1ccc(Cl)c(N(CC2CCC(O)N2)c2ccc3ncc(-c4cnn(C)c4)nc3n2)c1Cl. The van der Waals surface area contributed by atoms with Crippen LogP contribution in [0.2, 0.25) is 10.0 Å². The Morgan fingerprint density at radius 2 is 2.03 bits per heavy atom. The highest BCUT2D eigenvalue weighted by Crippen LogP contribution is 2.43. The first kappa shape index (κ1) is 22.8. The van der Waals surface area contributed by atoms with Crippen LogP contribution in [0.3, 0.4) is 0 Å². The van der Waals surface area contributed by atoms with Crippen molar-refractivity contribution in [1.82, 2.24) is 30.0 Å². The predicted octanol–water partition coefficient (Wildman–Crippen LogP) is 3.95. The molecule has 0 bridgehead atoms. The molecule has 2 unspecified atom stereocenters. The van der Waals surface area contributed by atoms with Gasteiger partial charge in [0.1, 0.15) is 28.3 Å². The Bertz CT molecular complexity index is 1350. The molecule has 1 saturated heterocycles. The van der Waals surface area contributed by atoms with Crippen molar-refractivity contribution in [2.24, 2.45) is 7.05 Å². The second kappa shape index (κ2) is 9.34. The van der Waals surface area contributed by atoms with Crippen molar-refractivity contribution in [3.05, 3.63) is 52.9 Å². The van der Waals surface area contributed by atoms with Gasteiger partial charge in [-0.3, -0.25) is 15.0 Å². The molecule has 4 aromatic rings. The van der Waals surface area contributed by atoms with Crippen LogP contribution in [-0.2, 0) is 7.05 Å². The minimum Gasteiger partial charge on any atom is -0.495 e. The largest absolute Gasteiger partial charge is 0.495 e. The number of hydrogen-bond acceptors (Lipinski definition) is 8. The third-order valence-electron chi connectivity index (χ3n) is 5.81. The summed E-state index contributed by atoms with van der Waals surface area (Å²) in [5, 5.41) is 18.2. The Hall–Kier alpha value is -2.98. The summed E-state index contributed by atoms with van der Waals surface area (Å²) in [6.07, 6.45) is 6.25. The second-order valence-electron chi connectivity index (χ2n) is 8.15. The first-order chi connectivity index (χ1) is 16.4. The molecule has 1 aliphatic rings. The molecule has 1 aliphatic heterocycles. The van der Waals surface area contributed by atoms with E-state index in [2.05, 4.69) is 15.4 Å². The van der Waals surface area contributed by atoms with E-state index in [0.29, 0.717) is 57.1 Å². The molecular formula is C23H23Cl2N7O2. The van der Waals surface area contributed by atoms with Gasteiger partial charge in [-0.2, -0.15) is 5.10 Å². The maximum atomic E-state index is 9.98. The van der Waals surface area contributed by atoms with Crippen molar-refractivity contribution in [2.75, 3.05) is 18.6 Å². The zero-order valence-corrected chi connectivity index (χ0v) is 20.1. The Labute approximate surface area is 206 Å². The Morgan fingerprint density at radius 1 is 1.18 bits per heavy atom. The molecule has 0 saturated carbocycles. The maximum absolute atomic E-state index is 9.98. The van der Waals surface area contributed by atoms with E-state index >= 15 is 0 Å². The van der Waals surface area contributed by atoms with E-state index in [1.165, 1.54) is 0 Å². The number of aromatic nitrogens is 5. The van der Waals surface area contributed by atoms with E-state index in [1.54, 1.807) is 36.3 Å². The lowest BCUT2D eigenvalue weighted by Gasteiger charge is -2.29. The highest BCUT2D eigenvalue weighted by Gasteiger charge is 2.28. The fourth-order valence-electron chi connectivity index (χ4n) is 4.12. The summed E-state index contributed by atoms with van der Waals surface area (Å²) in [6, 6.07) is 7.21. The monoisotopic (exact) mass is 499 g/mol. The van der Waals surface area contributed by atoms with Crippen molar-refractivity contribution in [2.45, 2.75) is 25.1 Å². The van der Waals surface area contributed by atoms with Gasteiger partial charge in [0, 0.05) is 31.4 Å². The molecule has 0 radical (unpaired) electrons. The Kier molecular flexibility index (Phi) is 6.26. The molecule has 5 rings (SSSR count). The lowest BCUT2D eigenvalue weighted by atomic mass is 10.2. The number of pyridine rings is 1. The van der Waals surface area contributed by atoms with Gasteiger partial charge in [-0.05, 0) is 37.1 Å². The van der Waals surface area contributed by atoms with Gasteiger partial charge in [0.05, 0.1) is 35.9 Å². The molecule has 0 aliphatic carbocycles. The molecule has 1 fully saturated rings. The van der Waals surface area contributed by atoms with Gasteiger partial charge in [-0.15, -0.1) is 0 Å². The Morgan fingerprint density at radius 3 is 2.74 bits per heavy atom. The molecule has 34 heavy (non-hydrogen) atoms. The van der Waals surface area contributed by atoms with E-state index in [-0.39, 0.29) is 6.04 Å². The molecule has 4 heterocycles. The van der Waals surface area contributed by atoms with Crippen LogP contribution in [0.15, 0.2) is 42.9 Å². The lowest BCUT2D eigenvalue weighted by Crippen LogP contribution is -2.38. The van der Waals surface area contributed by atoms with Crippen molar-refractivity contribution >= 4 is 45.9 Å². The predicted molar refractivity (Wildman–Crippen MR) is 132 cm³/mol. The number of hydrogen-bond donors (Lipinski definition) is 2. The number of benzene rings is 1. The van der Waals surface area contributed by atoms with E-state index < -0.39 is 6.23 Å². The van der Waals surface area contributed by atoms with Crippen LogP contribution in [-0.4, -0.2) is 55.8 Å². The zero-order chi connectivity index (χ0) is 23.8. The van der Waals surface area contributed by atoms with Crippen molar-refractivity contribution in [3.8, 4) is 17.0 Å². The highest BCUT2D eigenvalue weighted by atomic mass is 35.5. The van der Waals surface area contributed by atoms with Crippen LogP contribution >= 0.6 is 23.2 Å². The first-order valence-corrected chi connectivity index (χ1v) is 11.5. The standard InChI is InChI=1S/C23H23Cl2N7O2/c1-31-11-13(9-27-31)17-10-26-16-5-7-19(30-23(16)29-17)32(12-14-3-8-20(33)28-14)22-15(24)4-6-18(34-2)21(22)25/h4-7,9-11,14,20,28,33H,3,8,12H2,1-2H3. The lowest BCUT2D eigenvalue weighted by molar-refractivity contribution is 0.155. The molecule has 9 nitrogen and oxygen atoms in total. The van der Waals surface area contributed by atoms with Gasteiger partial charge in [0.15, 0.2) is 5.65 Å². The summed E-state index contributed by atoms with van der Waals surface area (Å²) in [5.41, 5.74) is 3.25. The number of fused-ring (bicyclic) bond motifs is 1. The van der Waals surface area contributed by atoms with E-state index in [0.717, 1.165) is 12.0 Å². The molecule has 0 amide bonds. The van der Waals surface area contributed by atoms with E-state index in [4.69, 9.17) is 37.9 Å². The number of rotatable bonds is 6. The third kappa shape index (κ3) is 4.39. The Balaban J connectivity index is 1.61. The molecule has 2 N–H and O–H groups in total. The van der Waals surface area contributed by atoms with Gasteiger partial charge < -0.3 is 14.7 Å². The van der Waals surface area contributed by atoms with E-state index in [1.807, 2.05) is 30.3 Å². The number of anilines is 2. The number of aliphatic hydroxyl groups excluding tert-OH is 1. The molecular weight excluding hydrogens is 477 g/mol. The minimum atomic E-state index is -0.541. The maximum Gasteiger partial charge on any atom is 0.180 e. The van der Waals surface area contributed by atoms with Crippen LogP contribution in [0.25, 0.3) is 22.4 Å². The van der Waals surface area contributed by atoms with Crippen molar-refractivity contribution < 1.29 is 9.84 Å². The average molecular weight is 500 g/mol. The van der Waals surface area contributed by atoms with Crippen LogP contribution in [0.5, 0.6) is 5.75 Å². The van der Waals surface area contributed by atoms with Crippen LogP contribution in [0, 0.1) is 0 Å². The summed E-state index contributed by atoms with van der Waals surface area (Å²) < 4.78 is 7.14. The molecule has 176 valence electrons. The smallest absolute Gasteiger partial charge is 0.180 e. The van der Waals surface area contributed by atoms with Crippen LogP contribution in [0.1, 0.15) is 12.8 Å². The molecule has 0 spiro atoms. The molecule has 3 aromatic heterocycles. The van der Waals surface area contributed by atoms with Gasteiger partial charge in [0.2, 0.25) is 0 Å². The number of aliphatic hydroxyl groups is 1. The fraction of sp³-hybridized carbons (Fsp3) is 0.304. The number of nitrogens with one attached hydrogen (secondary N) is 1. The number of ether oxygens (including phenoxy) is 1. The summed E-state index contributed by atoms with van der Waals surface area (Å²) in [6.45, 7) is 0.484. The topological polar surface area (TPSA) is 101 Å². The van der Waals surface area contributed by atoms with E-state index in [9.17, 15) is 5.11 Å². The zero-order valence-electron chi connectivity index (χ0n) is 18.6. The minimum absolute atomic E-state index is 0.0126. The third-order valence-corrected chi connectivity index (χ3v) is 6.48. The fourth-order valence-corrected chi connectivity index (χ4v) is 4.77. The first-order valence-electron chi connectivity index (χ1n) is 10.8. The van der Waals surface area contributed by atoms with Crippen molar-refractivity contribution in [1.29, 1.82) is 0 Å². The molecule has 2 atom stereocenters. The summed E-state index contributed by atoms with van der Waals surface area (Å²) in [4.78, 5) is 16.0. The molecule has 11 heteroatoms. The highest BCUT2D eigenvalue weighted by molar-refractivity contribution is 6.40. The number of methoxy groups -OCH3 is 1. The van der Waals surface area contributed by atoms with Gasteiger partial charge in [-0.25, -0.2) is 9.97 Å². The summed E-state index contributed by atoms with van der Waals surface area (Å²) in [5.74, 6) is 1.11. The van der Waals surface area contributed by atoms with Gasteiger partial charge >= 0.3 is 0 Å². The average Bonchev–Trinajstić information content (AvgIpc) is 3.45. The van der Waals surface area contributed by atoms with Crippen LogP contribution < -0.4 is 15.0 Å².